The number of thiophene rings is 1. The van der Waals surface area contributed by atoms with E-state index in [0.717, 1.165) is 17.7 Å². The van der Waals surface area contributed by atoms with Crippen LogP contribution in [0, 0.1) is 5.92 Å². The summed E-state index contributed by atoms with van der Waals surface area (Å²) in [6.07, 6.45) is 0.984. The Hall–Kier alpha value is -2.05. The Kier molecular flexibility index (Phi) is 4.16. The van der Waals surface area contributed by atoms with Crippen molar-refractivity contribution in [2.45, 2.75) is 24.4 Å². The van der Waals surface area contributed by atoms with Gasteiger partial charge in [-0.05, 0) is 34.9 Å². The van der Waals surface area contributed by atoms with Gasteiger partial charge in [-0.15, -0.1) is 0 Å². The van der Waals surface area contributed by atoms with E-state index in [1.54, 1.807) is 11.3 Å². The molecule has 1 aliphatic heterocycles. The molecule has 2 heterocycles. The molecule has 0 unspecified atom stereocenters. The number of aliphatic hydroxyl groups excluding tert-OH is 1. The van der Waals surface area contributed by atoms with Crippen LogP contribution in [0.1, 0.15) is 29.5 Å². The van der Waals surface area contributed by atoms with Gasteiger partial charge in [0, 0.05) is 23.4 Å². The summed E-state index contributed by atoms with van der Waals surface area (Å²) in [6, 6.07) is 9.55. The van der Waals surface area contributed by atoms with Gasteiger partial charge in [0.2, 0.25) is 0 Å². The van der Waals surface area contributed by atoms with Crippen LogP contribution in [-0.2, 0) is 0 Å². The minimum atomic E-state index is -0.238. The molecular formula is C18H20N2O3S. The van der Waals surface area contributed by atoms with Gasteiger partial charge in [-0.25, -0.2) is 4.79 Å². The lowest BCUT2D eigenvalue weighted by atomic mass is 9.91. The zero-order chi connectivity index (χ0) is 16.5. The van der Waals surface area contributed by atoms with Gasteiger partial charge >= 0.3 is 6.03 Å². The summed E-state index contributed by atoms with van der Waals surface area (Å²) in [5.41, 5.74) is 2.22. The van der Waals surface area contributed by atoms with E-state index in [2.05, 4.69) is 27.5 Å². The summed E-state index contributed by atoms with van der Waals surface area (Å²) in [5, 5.41) is 19.9. The minimum Gasteiger partial charge on any atom is -0.493 e. The molecule has 0 saturated heterocycles. The van der Waals surface area contributed by atoms with Crippen molar-refractivity contribution >= 4 is 17.4 Å². The van der Waals surface area contributed by atoms with Crippen LogP contribution < -0.4 is 15.4 Å². The first-order chi connectivity index (χ1) is 11.8. The number of aliphatic hydroxyl groups is 1. The number of rotatable bonds is 4. The molecule has 3 N–H and O–H groups in total. The van der Waals surface area contributed by atoms with Crippen LogP contribution in [0.3, 0.4) is 0 Å². The Balaban J connectivity index is 1.41. The monoisotopic (exact) mass is 344 g/mol. The van der Waals surface area contributed by atoms with E-state index in [9.17, 15) is 9.90 Å². The largest absolute Gasteiger partial charge is 0.493 e. The van der Waals surface area contributed by atoms with Crippen molar-refractivity contribution in [3.8, 4) is 5.75 Å². The molecule has 24 heavy (non-hydrogen) atoms. The molecule has 2 aromatic rings. The lowest BCUT2D eigenvalue weighted by Gasteiger charge is -2.33. The van der Waals surface area contributed by atoms with Gasteiger partial charge in [0.05, 0.1) is 19.3 Å². The van der Waals surface area contributed by atoms with Crippen molar-refractivity contribution in [1.29, 1.82) is 0 Å². The molecule has 4 atom stereocenters. The van der Waals surface area contributed by atoms with Crippen molar-refractivity contribution in [1.82, 2.24) is 10.6 Å². The summed E-state index contributed by atoms with van der Waals surface area (Å²) in [7, 11) is 0. The van der Waals surface area contributed by atoms with Crippen molar-refractivity contribution in [3.05, 3.63) is 52.2 Å². The number of urea groups is 1. The quantitative estimate of drug-likeness (QED) is 0.798. The summed E-state index contributed by atoms with van der Waals surface area (Å²) >= 11 is 1.68. The highest BCUT2D eigenvalue weighted by Crippen LogP contribution is 2.41. The Morgan fingerprint density at radius 2 is 2.17 bits per heavy atom. The number of amides is 2. The normalized spacial score (nSPS) is 27.7. The van der Waals surface area contributed by atoms with Crippen LogP contribution in [0.15, 0.2) is 41.1 Å². The van der Waals surface area contributed by atoms with E-state index in [1.165, 1.54) is 5.56 Å². The molecular weight excluding hydrogens is 324 g/mol. The van der Waals surface area contributed by atoms with Crippen molar-refractivity contribution in [3.63, 3.8) is 0 Å². The van der Waals surface area contributed by atoms with Crippen LogP contribution in [0.2, 0.25) is 0 Å². The van der Waals surface area contributed by atoms with Crippen LogP contribution in [-0.4, -0.2) is 30.4 Å². The number of fused-ring (bicyclic) bond motifs is 1. The molecule has 0 bridgehead atoms. The van der Waals surface area contributed by atoms with E-state index >= 15 is 0 Å². The molecule has 2 aliphatic rings. The SMILES string of the molecule is O=C(N[C@@H]1C[C@H]1c1ccsc1)N[C@H]1c2ccccc2OC[C@H]1CO. The first kappa shape index (κ1) is 15.5. The third-order valence-corrected chi connectivity index (χ3v) is 5.48. The Morgan fingerprint density at radius 1 is 1.29 bits per heavy atom. The standard InChI is InChI=1S/C18H20N2O3S/c21-8-12-9-23-16-4-2-1-3-13(16)17(12)20-18(22)19-15-7-14(15)11-5-6-24-10-11/h1-6,10,12,14-15,17,21H,7-9H2,(H2,19,20,22)/t12-,14+,15-,17-/m1/s1. The summed E-state index contributed by atoms with van der Waals surface area (Å²) in [5.74, 6) is 1.06. The number of ether oxygens (including phenoxy) is 1. The number of carbonyl (C=O) groups is 1. The second-order valence-corrected chi connectivity index (χ2v) is 7.17. The Morgan fingerprint density at radius 3 is 2.96 bits per heavy atom. The van der Waals surface area contributed by atoms with Crippen LogP contribution in [0.5, 0.6) is 5.75 Å². The van der Waals surface area contributed by atoms with Gasteiger partial charge in [0.1, 0.15) is 5.75 Å². The predicted molar refractivity (Wildman–Crippen MR) is 92.4 cm³/mol. The molecule has 6 heteroatoms. The van der Waals surface area contributed by atoms with Gasteiger partial charge in [-0.2, -0.15) is 11.3 Å². The number of hydrogen-bond acceptors (Lipinski definition) is 4. The minimum absolute atomic E-state index is 0.0275. The van der Waals surface area contributed by atoms with Gasteiger partial charge in [-0.3, -0.25) is 0 Å². The maximum Gasteiger partial charge on any atom is 0.315 e. The fourth-order valence-corrected chi connectivity index (χ4v) is 4.05. The average molecular weight is 344 g/mol. The van der Waals surface area contributed by atoms with E-state index in [-0.39, 0.29) is 30.6 Å². The van der Waals surface area contributed by atoms with Crippen LogP contribution in [0.4, 0.5) is 4.79 Å². The topological polar surface area (TPSA) is 70.6 Å². The molecule has 4 rings (SSSR count). The highest BCUT2D eigenvalue weighted by Gasteiger charge is 2.40. The number of benzene rings is 1. The predicted octanol–water partition coefficient (Wildman–Crippen LogP) is 2.65. The zero-order valence-electron chi connectivity index (χ0n) is 13.1. The molecule has 1 aliphatic carbocycles. The molecule has 1 fully saturated rings. The van der Waals surface area contributed by atoms with E-state index in [0.29, 0.717) is 12.5 Å². The summed E-state index contributed by atoms with van der Waals surface area (Å²) in [4.78, 5) is 12.4. The van der Waals surface area contributed by atoms with Gasteiger partial charge < -0.3 is 20.5 Å². The molecule has 1 aromatic carbocycles. The first-order valence-corrected chi connectivity index (χ1v) is 9.12. The zero-order valence-corrected chi connectivity index (χ0v) is 14.0. The van der Waals surface area contributed by atoms with Crippen molar-refractivity contribution in [2.75, 3.05) is 13.2 Å². The number of nitrogens with one attached hydrogen (secondary N) is 2. The highest BCUT2D eigenvalue weighted by atomic mass is 32.1. The second kappa shape index (κ2) is 6.45. The van der Waals surface area contributed by atoms with Crippen LogP contribution in [0.25, 0.3) is 0 Å². The average Bonchev–Trinajstić information content (AvgIpc) is 3.14. The highest BCUT2D eigenvalue weighted by molar-refractivity contribution is 7.08. The molecule has 126 valence electrons. The summed E-state index contributed by atoms with van der Waals surface area (Å²) < 4.78 is 5.67. The number of carbonyl (C=O) groups excluding carboxylic acids is 1. The number of para-hydroxylation sites is 1. The fourth-order valence-electron chi connectivity index (χ4n) is 3.33. The molecule has 1 saturated carbocycles. The first-order valence-electron chi connectivity index (χ1n) is 8.18. The van der Waals surface area contributed by atoms with Crippen LogP contribution >= 0.6 is 11.3 Å². The lowest BCUT2D eigenvalue weighted by molar-refractivity contribution is 0.113. The summed E-state index contributed by atoms with van der Waals surface area (Å²) in [6.45, 7) is 0.375. The number of hydrogen-bond donors (Lipinski definition) is 3. The van der Waals surface area contributed by atoms with E-state index in [4.69, 9.17) is 4.74 Å². The lowest BCUT2D eigenvalue weighted by Crippen LogP contribution is -2.45. The van der Waals surface area contributed by atoms with Gasteiger partial charge in [0.25, 0.3) is 0 Å². The third kappa shape index (κ3) is 2.99. The molecule has 0 spiro atoms. The third-order valence-electron chi connectivity index (χ3n) is 4.78. The van der Waals surface area contributed by atoms with Gasteiger partial charge in [-0.1, -0.05) is 18.2 Å². The Bertz CT molecular complexity index is 719. The molecule has 1 aromatic heterocycles. The van der Waals surface area contributed by atoms with Crippen molar-refractivity contribution < 1.29 is 14.6 Å². The molecule has 0 radical (unpaired) electrons. The van der Waals surface area contributed by atoms with Gasteiger partial charge in [0.15, 0.2) is 0 Å². The molecule has 2 amide bonds. The second-order valence-electron chi connectivity index (χ2n) is 6.39. The maximum atomic E-state index is 12.4. The molecule has 5 nitrogen and oxygen atoms in total. The Labute approximate surface area is 144 Å². The van der Waals surface area contributed by atoms with E-state index in [1.807, 2.05) is 24.3 Å². The fraction of sp³-hybridized carbons (Fsp3) is 0.389. The van der Waals surface area contributed by atoms with Crippen molar-refractivity contribution in [2.24, 2.45) is 5.92 Å². The van der Waals surface area contributed by atoms with E-state index < -0.39 is 0 Å². The maximum absolute atomic E-state index is 12.4. The smallest absolute Gasteiger partial charge is 0.315 e.